The van der Waals surface area contributed by atoms with Crippen molar-refractivity contribution in [1.29, 1.82) is 0 Å². The van der Waals surface area contributed by atoms with Gasteiger partial charge in [-0.15, -0.1) is 0 Å². The van der Waals surface area contributed by atoms with Gasteiger partial charge < -0.3 is 4.74 Å². The molecular formula is C22H23ClN4O5S. The van der Waals surface area contributed by atoms with Crippen molar-refractivity contribution in [3.05, 3.63) is 65.6 Å². The average Bonchev–Trinajstić information content (AvgIpc) is 2.83. The Morgan fingerprint density at radius 3 is 2.73 bits per heavy atom. The number of sulfonamides is 1. The van der Waals surface area contributed by atoms with Gasteiger partial charge in [0.25, 0.3) is 0 Å². The number of ether oxygens (including phenoxy) is 1. The maximum absolute atomic E-state index is 13.1. The molecule has 9 nitrogen and oxygen atoms in total. The maximum atomic E-state index is 13.1. The van der Waals surface area contributed by atoms with Crippen LogP contribution in [0.5, 0.6) is 5.75 Å². The van der Waals surface area contributed by atoms with Gasteiger partial charge in [0.05, 0.1) is 11.3 Å². The highest BCUT2D eigenvalue weighted by atomic mass is 35.5. The third-order valence-corrected chi connectivity index (χ3v) is 7.74. The molecule has 0 saturated carbocycles. The van der Waals surface area contributed by atoms with E-state index in [4.69, 9.17) is 16.3 Å². The monoisotopic (exact) mass is 490 g/mol. The average molecular weight is 491 g/mol. The number of aromatic nitrogens is 2. The number of amides is 1. The molecule has 2 aromatic heterocycles. The summed E-state index contributed by atoms with van der Waals surface area (Å²) in [5, 5.41) is 11.7. The van der Waals surface area contributed by atoms with Crippen molar-refractivity contribution in [3.63, 3.8) is 0 Å². The Morgan fingerprint density at radius 2 is 2.03 bits per heavy atom. The van der Waals surface area contributed by atoms with Crippen LogP contribution in [-0.4, -0.2) is 64.3 Å². The predicted octanol–water partition coefficient (Wildman–Crippen LogP) is 3.05. The van der Waals surface area contributed by atoms with Gasteiger partial charge in [0, 0.05) is 42.1 Å². The van der Waals surface area contributed by atoms with Crippen molar-refractivity contribution in [2.45, 2.75) is 25.0 Å². The van der Waals surface area contributed by atoms with Crippen LogP contribution in [0.4, 0.5) is 0 Å². The normalized spacial score (nSPS) is 16.4. The summed E-state index contributed by atoms with van der Waals surface area (Å²) in [6, 6.07) is 9.34. The lowest BCUT2D eigenvalue weighted by Gasteiger charge is -2.33. The number of piperidine rings is 1. The quantitative estimate of drug-likeness (QED) is 0.293. The Morgan fingerprint density at radius 1 is 1.24 bits per heavy atom. The number of hydrogen-bond acceptors (Lipinski definition) is 7. The first-order chi connectivity index (χ1) is 15.9. The minimum Gasteiger partial charge on any atom is -0.490 e. The standard InChI is InChI=1S/C22H23ClN4O5S/c23-17-3-4-20-19(12-17)22(5-9-25-20)32-18-6-10-26(11-7-18)33(30,31)14-21(27(29)15-28)16-2-1-8-24-13-16/h1-5,8-9,12-13,15,18,21,29H,6-7,10-11,14H2. The van der Waals surface area contributed by atoms with E-state index in [2.05, 4.69) is 9.97 Å². The van der Waals surface area contributed by atoms with Crippen molar-refractivity contribution in [1.82, 2.24) is 19.3 Å². The van der Waals surface area contributed by atoms with Gasteiger partial charge in [-0.1, -0.05) is 17.7 Å². The summed E-state index contributed by atoms with van der Waals surface area (Å²) in [6.07, 6.45) is 5.64. The van der Waals surface area contributed by atoms with Crippen LogP contribution < -0.4 is 4.74 Å². The number of benzene rings is 1. The Kier molecular flexibility index (Phi) is 7.08. The molecule has 1 N–H and O–H groups in total. The fourth-order valence-corrected chi connectivity index (χ4v) is 5.77. The minimum atomic E-state index is -3.76. The van der Waals surface area contributed by atoms with Crippen molar-refractivity contribution < 1.29 is 23.2 Å². The van der Waals surface area contributed by atoms with Gasteiger partial charge >= 0.3 is 0 Å². The van der Waals surface area contributed by atoms with E-state index in [0.29, 0.717) is 34.2 Å². The maximum Gasteiger partial charge on any atom is 0.233 e. The van der Waals surface area contributed by atoms with E-state index in [0.717, 1.165) is 10.9 Å². The van der Waals surface area contributed by atoms with E-state index < -0.39 is 21.8 Å². The highest BCUT2D eigenvalue weighted by Gasteiger charge is 2.33. The number of fused-ring (bicyclic) bond motifs is 1. The molecule has 4 rings (SSSR count). The molecule has 1 aliphatic rings. The number of rotatable bonds is 8. The summed E-state index contributed by atoms with van der Waals surface area (Å²) in [5.74, 6) is 0.204. The van der Waals surface area contributed by atoms with E-state index in [-0.39, 0.29) is 25.6 Å². The zero-order valence-corrected chi connectivity index (χ0v) is 19.2. The number of hydroxylamine groups is 2. The van der Waals surface area contributed by atoms with E-state index in [1.54, 1.807) is 36.5 Å². The fraction of sp³-hybridized carbons (Fsp3) is 0.318. The predicted molar refractivity (Wildman–Crippen MR) is 122 cm³/mol. The third-order valence-electron chi connectivity index (χ3n) is 5.62. The van der Waals surface area contributed by atoms with Crippen LogP contribution in [0.15, 0.2) is 55.0 Å². The summed E-state index contributed by atoms with van der Waals surface area (Å²) < 4.78 is 33.6. The summed E-state index contributed by atoms with van der Waals surface area (Å²) in [7, 11) is -3.76. The molecule has 1 unspecified atom stereocenters. The first-order valence-electron chi connectivity index (χ1n) is 10.4. The van der Waals surface area contributed by atoms with Crippen molar-refractivity contribution in [2.75, 3.05) is 18.8 Å². The van der Waals surface area contributed by atoms with Crippen LogP contribution in [0.2, 0.25) is 5.02 Å². The lowest BCUT2D eigenvalue weighted by molar-refractivity contribution is -0.159. The van der Waals surface area contributed by atoms with Crippen LogP contribution in [0.1, 0.15) is 24.4 Å². The van der Waals surface area contributed by atoms with Gasteiger partial charge in [-0.05, 0) is 48.7 Å². The van der Waals surface area contributed by atoms with Crippen LogP contribution in [-0.2, 0) is 14.8 Å². The van der Waals surface area contributed by atoms with E-state index >= 15 is 0 Å². The van der Waals surface area contributed by atoms with Gasteiger partial charge in [-0.25, -0.2) is 17.8 Å². The molecule has 1 aromatic carbocycles. The fourth-order valence-electron chi connectivity index (χ4n) is 3.88. The van der Waals surface area contributed by atoms with Crippen LogP contribution in [0, 0.1) is 0 Å². The Hall–Kier alpha value is -2.79. The second-order valence-corrected chi connectivity index (χ2v) is 10.2. The highest BCUT2D eigenvalue weighted by Crippen LogP contribution is 2.30. The molecule has 0 aliphatic carbocycles. The number of pyridine rings is 2. The van der Waals surface area contributed by atoms with Crippen molar-refractivity contribution in [3.8, 4) is 5.75 Å². The molecule has 1 fully saturated rings. The zero-order chi connectivity index (χ0) is 23.4. The van der Waals surface area contributed by atoms with Gasteiger partial charge in [-0.3, -0.25) is 20.0 Å². The Balaban J connectivity index is 1.43. The lowest BCUT2D eigenvalue weighted by Crippen LogP contribution is -2.44. The van der Waals surface area contributed by atoms with Gasteiger partial charge in [0.15, 0.2) is 0 Å². The third kappa shape index (κ3) is 5.41. The number of carbonyl (C=O) groups excluding carboxylic acids is 1. The van der Waals surface area contributed by atoms with Gasteiger partial charge in [0.2, 0.25) is 16.4 Å². The summed E-state index contributed by atoms with van der Waals surface area (Å²) in [4.78, 5) is 19.4. The SMILES string of the molecule is O=CN(O)C(CS(=O)(=O)N1CCC(Oc2ccnc3ccc(Cl)cc23)CC1)c1cccnc1. The molecular weight excluding hydrogens is 468 g/mol. The van der Waals surface area contributed by atoms with E-state index in [1.807, 2.05) is 6.07 Å². The second-order valence-electron chi connectivity index (χ2n) is 7.75. The molecule has 1 atom stereocenters. The molecule has 1 saturated heterocycles. The van der Waals surface area contributed by atoms with E-state index in [9.17, 15) is 18.4 Å². The Labute approximate surface area is 196 Å². The van der Waals surface area contributed by atoms with Crippen molar-refractivity contribution >= 4 is 38.9 Å². The van der Waals surface area contributed by atoms with Crippen molar-refractivity contribution in [2.24, 2.45) is 0 Å². The molecule has 0 radical (unpaired) electrons. The topological polar surface area (TPSA) is 113 Å². The summed E-state index contributed by atoms with van der Waals surface area (Å²) in [6.45, 7) is 0.534. The molecule has 33 heavy (non-hydrogen) atoms. The first kappa shape index (κ1) is 23.4. The number of hydrogen-bond donors (Lipinski definition) is 1. The number of nitrogens with zero attached hydrogens (tertiary/aromatic N) is 4. The van der Waals surface area contributed by atoms with Crippen LogP contribution in [0.25, 0.3) is 10.9 Å². The smallest absolute Gasteiger partial charge is 0.233 e. The molecule has 11 heteroatoms. The van der Waals surface area contributed by atoms with Gasteiger partial charge in [0.1, 0.15) is 17.9 Å². The molecule has 0 bridgehead atoms. The molecule has 1 aliphatic heterocycles. The lowest BCUT2D eigenvalue weighted by atomic mass is 10.1. The summed E-state index contributed by atoms with van der Waals surface area (Å²) in [5.41, 5.74) is 1.19. The molecule has 1 amide bonds. The zero-order valence-electron chi connectivity index (χ0n) is 17.6. The summed E-state index contributed by atoms with van der Waals surface area (Å²) >= 11 is 6.12. The number of halogens is 1. The van der Waals surface area contributed by atoms with E-state index in [1.165, 1.54) is 16.7 Å². The number of carbonyl (C=O) groups is 1. The molecule has 3 aromatic rings. The minimum absolute atomic E-state index is 0.167. The van der Waals surface area contributed by atoms with Crippen LogP contribution in [0.3, 0.4) is 0 Å². The first-order valence-corrected chi connectivity index (χ1v) is 12.4. The molecule has 0 spiro atoms. The second kappa shape index (κ2) is 10.0. The Bertz CT molecular complexity index is 1220. The molecule has 174 valence electrons. The van der Waals surface area contributed by atoms with Gasteiger partial charge in [-0.2, -0.15) is 0 Å². The highest BCUT2D eigenvalue weighted by molar-refractivity contribution is 7.89. The largest absolute Gasteiger partial charge is 0.490 e. The molecule has 3 heterocycles. The van der Waals surface area contributed by atoms with Crippen LogP contribution >= 0.6 is 11.6 Å².